The number of nitrogens with zero attached hydrogens (tertiary/aromatic N) is 3. The van der Waals surface area contributed by atoms with Gasteiger partial charge in [-0.15, -0.1) is 5.10 Å². The maximum absolute atomic E-state index is 12.8. The lowest BCUT2D eigenvalue weighted by molar-refractivity contribution is 0.122. The molecule has 1 aromatic carbocycles. The van der Waals surface area contributed by atoms with Crippen LogP contribution in [0.5, 0.6) is 0 Å². The smallest absolute Gasteiger partial charge is 0.245 e. The van der Waals surface area contributed by atoms with Gasteiger partial charge < -0.3 is 9.64 Å². The first-order valence-electron chi connectivity index (χ1n) is 5.84. The van der Waals surface area contributed by atoms with Gasteiger partial charge in [-0.2, -0.15) is 4.98 Å². The van der Waals surface area contributed by atoms with Crippen molar-refractivity contribution in [2.75, 3.05) is 31.2 Å². The standard InChI is InChI=1S/C12H13FN4O/c13-10-3-1-9(2-4-10)11-14-12(16-15-11)17-5-7-18-8-6-17/h1-4H,5-8H2,(H,14,15,16). The Morgan fingerprint density at radius 1 is 1.17 bits per heavy atom. The maximum atomic E-state index is 12.8. The summed E-state index contributed by atoms with van der Waals surface area (Å²) in [5, 5.41) is 7.05. The van der Waals surface area contributed by atoms with Crippen LogP contribution in [0.3, 0.4) is 0 Å². The van der Waals surface area contributed by atoms with Crippen LogP contribution >= 0.6 is 0 Å². The molecule has 1 aromatic heterocycles. The number of ether oxygens (including phenoxy) is 1. The van der Waals surface area contributed by atoms with Crippen molar-refractivity contribution >= 4 is 5.95 Å². The van der Waals surface area contributed by atoms with Gasteiger partial charge in [-0.3, -0.25) is 5.10 Å². The Labute approximate surface area is 104 Å². The van der Waals surface area contributed by atoms with Crippen molar-refractivity contribution < 1.29 is 9.13 Å². The summed E-state index contributed by atoms with van der Waals surface area (Å²) in [4.78, 5) is 6.48. The van der Waals surface area contributed by atoms with Crippen molar-refractivity contribution in [3.8, 4) is 11.4 Å². The highest BCUT2D eigenvalue weighted by Crippen LogP contribution is 2.18. The van der Waals surface area contributed by atoms with E-state index in [1.807, 2.05) is 0 Å². The summed E-state index contributed by atoms with van der Waals surface area (Å²) < 4.78 is 18.1. The van der Waals surface area contributed by atoms with Crippen LogP contribution < -0.4 is 4.90 Å². The number of aromatic amines is 1. The highest BCUT2D eigenvalue weighted by atomic mass is 19.1. The Morgan fingerprint density at radius 2 is 1.89 bits per heavy atom. The number of aromatic nitrogens is 3. The first-order valence-corrected chi connectivity index (χ1v) is 5.84. The van der Waals surface area contributed by atoms with Gasteiger partial charge in [0.2, 0.25) is 5.95 Å². The third kappa shape index (κ3) is 2.19. The lowest BCUT2D eigenvalue weighted by Crippen LogP contribution is -2.36. The van der Waals surface area contributed by atoms with Gasteiger partial charge in [-0.25, -0.2) is 4.39 Å². The van der Waals surface area contributed by atoms with E-state index in [9.17, 15) is 4.39 Å². The zero-order valence-corrected chi connectivity index (χ0v) is 9.77. The molecule has 0 aliphatic carbocycles. The number of hydrogen-bond donors (Lipinski definition) is 1. The van der Waals surface area contributed by atoms with E-state index >= 15 is 0 Å². The third-order valence-corrected chi connectivity index (χ3v) is 2.89. The van der Waals surface area contributed by atoms with E-state index in [2.05, 4.69) is 20.1 Å². The Hall–Kier alpha value is -1.95. The Balaban J connectivity index is 1.82. The van der Waals surface area contributed by atoms with Gasteiger partial charge in [0.15, 0.2) is 5.82 Å². The van der Waals surface area contributed by atoms with Gasteiger partial charge in [0.25, 0.3) is 0 Å². The summed E-state index contributed by atoms with van der Waals surface area (Å²) >= 11 is 0. The molecule has 2 heterocycles. The molecule has 1 aliphatic rings. The molecule has 0 saturated carbocycles. The lowest BCUT2D eigenvalue weighted by atomic mass is 10.2. The summed E-state index contributed by atoms with van der Waals surface area (Å²) in [6.07, 6.45) is 0. The largest absolute Gasteiger partial charge is 0.378 e. The Bertz CT molecular complexity index is 519. The fraction of sp³-hybridized carbons (Fsp3) is 0.333. The molecule has 5 nitrogen and oxygen atoms in total. The number of hydrogen-bond acceptors (Lipinski definition) is 4. The van der Waals surface area contributed by atoms with Crippen molar-refractivity contribution in [2.24, 2.45) is 0 Å². The molecule has 1 N–H and O–H groups in total. The van der Waals surface area contributed by atoms with E-state index in [1.165, 1.54) is 12.1 Å². The zero-order chi connectivity index (χ0) is 12.4. The average Bonchev–Trinajstić information content (AvgIpc) is 2.90. The Morgan fingerprint density at radius 3 is 2.61 bits per heavy atom. The molecule has 94 valence electrons. The van der Waals surface area contributed by atoms with Gasteiger partial charge in [-0.05, 0) is 24.3 Å². The molecular formula is C12H13FN4O. The van der Waals surface area contributed by atoms with Crippen molar-refractivity contribution in [3.63, 3.8) is 0 Å². The van der Waals surface area contributed by atoms with Gasteiger partial charge >= 0.3 is 0 Å². The molecule has 0 atom stereocenters. The van der Waals surface area contributed by atoms with Crippen LogP contribution in [0.4, 0.5) is 10.3 Å². The molecule has 1 saturated heterocycles. The van der Waals surface area contributed by atoms with Crippen molar-refractivity contribution in [1.29, 1.82) is 0 Å². The minimum Gasteiger partial charge on any atom is -0.378 e. The second-order valence-corrected chi connectivity index (χ2v) is 4.09. The average molecular weight is 248 g/mol. The topological polar surface area (TPSA) is 54.0 Å². The predicted octanol–water partition coefficient (Wildman–Crippen LogP) is 1.45. The van der Waals surface area contributed by atoms with Crippen LogP contribution in [0.25, 0.3) is 11.4 Å². The molecule has 0 spiro atoms. The molecule has 0 bridgehead atoms. The van der Waals surface area contributed by atoms with E-state index in [1.54, 1.807) is 12.1 Å². The summed E-state index contributed by atoms with van der Waals surface area (Å²) in [6, 6.07) is 6.18. The number of benzene rings is 1. The van der Waals surface area contributed by atoms with E-state index in [0.717, 1.165) is 18.7 Å². The highest BCUT2D eigenvalue weighted by Gasteiger charge is 2.15. The summed E-state index contributed by atoms with van der Waals surface area (Å²) in [5.74, 6) is 1.06. The number of rotatable bonds is 2. The first-order chi connectivity index (χ1) is 8.83. The fourth-order valence-electron chi connectivity index (χ4n) is 1.89. The van der Waals surface area contributed by atoms with Crippen molar-refractivity contribution in [3.05, 3.63) is 30.1 Å². The van der Waals surface area contributed by atoms with Gasteiger partial charge in [0.05, 0.1) is 13.2 Å². The molecule has 18 heavy (non-hydrogen) atoms. The molecule has 0 radical (unpaired) electrons. The molecular weight excluding hydrogens is 235 g/mol. The molecule has 1 aliphatic heterocycles. The monoisotopic (exact) mass is 248 g/mol. The maximum Gasteiger partial charge on any atom is 0.245 e. The molecule has 3 rings (SSSR count). The predicted molar refractivity (Wildman–Crippen MR) is 64.8 cm³/mol. The van der Waals surface area contributed by atoms with Crippen molar-refractivity contribution in [2.45, 2.75) is 0 Å². The molecule has 2 aromatic rings. The second kappa shape index (κ2) is 4.73. The number of nitrogens with one attached hydrogen (secondary N) is 1. The summed E-state index contributed by atoms with van der Waals surface area (Å²) in [6.45, 7) is 2.97. The Kier molecular flexibility index (Phi) is 2.93. The molecule has 6 heteroatoms. The fourth-order valence-corrected chi connectivity index (χ4v) is 1.89. The minimum atomic E-state index is -0.258. The summed E-state index contributed by atoms with van der Waals surface area (Å²) in [7, 11) is 0. The van der Waals surface area contributed by atoms with Gasteiger partial charge in [0, 0.05) is 18.7 Å². The van der Waals surface area contributed by atoms with Crippen LogP contribution in [0, 0.1) is 5.82 Å². The second-order valence-electron chi connectivity index (χ2n) is 4.09. The normalized spacial score (nSPS) is 15.9. The number of halogens is 1. The molecule has 1 fully saturated rings. The molecule has 0 amide bonds. The number of morpholine rings is 1. The zero-order valence-electron chi connectivity index (χ0n) is 9.77. The van der Waals surface area contributed by atoms with Crippen molar-refractivity contribution in [1.82, 2.24) is 15.2 Å². The van der Waals surface area contributed by atoms with E-state index in [0.29, 0.717) is 25.0 Å². The SMILES string of the molecule is Fc1ccc(-c2nc(N3CCOCC3)n[nH]2)cc1. The van der Waals surface area contributed by atoms with E-state index < -0.39 is 0 Å². The first kappa shape index (κ1) is 11.2. The summed E-state index contributed by atoms with van der Waals surface area (Å²) in [5.41, 5.74) is 0.823. The number of anilines is 1. The number of H-pyrrole nitrogens is 1. The van der Waals surface area contributed by atoms with Gasteiger partial charge in [0.1, 0.15) is 5.82 Å². The van der Waals surface area contributed by atoms with Crippen LogP contribution in [0.1, 0.15) is 0 Å². The van der Waals surface area contributed by atoms with Crippen LogP contribution in [-0.2, 0) is 4.74 Å². The van der Waals surface area contributed by atoms with E-state index in [-0.39, 0.29) is 5.82 Å². The third-order valence-electron chi connectivity index (χ3n) is 2.89. The van der Waals surface area contributed by atoms with E-state index in [4.69, 9.17) is 4.74 Å². The van der Waals surface area contributed by atoms with Crippen LogP contribution in [-0.4, -0.2) is 41.5 Å². The van der Waals surface area contributed by atoms with Gasteiger partial charge in [-0.1, -0.05) is 0 Å². The quantitative estimate of drug-likeness (QED) is 0.874. The molecule has 0 unspecified atom stereocenters. The minimum absolute atomic E-state index is 0.258. The van der Waals surface area contributed by atoms with Crippen LogP contribution in [0.2, 0.25) is 0 Å². The van der Waals surface area contributed by atoms with Crippen LogP contribution in [0.15, 0.2) is 24.3 Å². The lowest BCUT2D eigenvalue weighted by Gasteiger charge is -2.25. The highest BCUT2D eigenvalue weighted by molar-refractivity contribution is 5.56.